The van der Waals surface area contributed by atoms with Crippen molar-refractivity contribution in [1.82, 2.24) is 9.13 Å². The third kappa shape index (κ3) is 12.3. The molecule has 0 unspecified atom stereocenters. The van der Waals surface area contributed by atoms with Crippen LogP contribution in [0.3, 0.4) is 0 Å². The average Bonchev–Trinajstić information content (AvgIpc) is 1.64. The standard InChI is InChI=1S/C80H93F3N2O4/c1-22-79(18,19)51-38-59(70(86)68(40-51)84-64-27-23-47(75(6,7)8)34-55(64)56-35-48(76(9,10)11)24-28-65(56)84)61-42-53(81)33-46(2)72(61)88-31-32-89-73-62(43-54(82)44-63(73)83)60-39-52(80(20,21)45-74(3,4)5)41-69(71(60)87)85-66-29-25-49(77(12,13)14)36-57(66)58-37-50(78(15,16)17)26-30-67(58)85/h23-30,33-44,86-87H,22,31-32,45H2,1-21H3. The van der Waals surface area contributed by atoms with Crippen molar-refractivity contribution in [2.45, 2.75) is 191 Å². The maximum absolute atomic E-state index is 16.8. The molecule has 0 aliphatic heterocycles. The fourth-order valence-corrected chi connectivity index (χ4v) is 13.2. The number of hydrogen-bond donors (Lipinski definition) is 2. The highest BCUT2D eigenvalue weighted by Gasteiger charge is 2.33. The molecule has 10 aromatic rings. The van der Waals surface area contributed by atoms with Crippen LogP contribution in [0.25, 0.3) is 77.2 Å². The summed E-state index contributed by atoms with van der Waals surface area (Å²) in [5.74, 6) is -2.50. The second-order valence-electron chi connectivity index (χ2n) is 31.8. The Morgan fingerprint density at radius 1 is 0.382 bits per heavy atom. The second kappa shape index (κ2) is 22.4. The molecule has 89 heavy (non-hydrogen) atoms. The number of fused-ring (bicyclic) bond motifs is 6. The average molecular weight is 1200 g/mol. The summed E-state index contributed by atoms with van der Waals surface area (Å²) in [7, 11) is 0. The molecule has 0 fully saturated rings. The molecule has 0 spiro atoms. The number of nitrogens with zero attached hydrogens (tertiary/aromatic N) is 2. The molecule has 2 N–H and O–H groups in total. The molecule has 0 saturated heterocycles. The summed E-state index contributed by atoms with van der Waals surface area (Å²) in [4.78, 5) is 0. The number of halogens is 3. The van der Waals surface area contributed by atoms with Crippen molar-refractivity contribution in [2.75, 3.05) is 13.2 Å². The summed E-state index contributed by atoms with van der Waals surface area (Å²) >= 11 is 0. The molecule has 10 rings (SSSR count). The van der Waals surface area contributed by atoms with Gasteiger partial charge in [0, 0.05) is 49.9 Å². The number of aryl methyl sites for hydroxylation is 1. The van der Waals surface area contributed by atoms with E-state index in [1.54, 1.807) is 6.92 Å². The number of benzene rings is 8. The number of rotatable bonds is 13. The van der Waals surface area contributed by atoms with Crippen LogP contribution in [-0.4, -0.2) is 32.6 Å². The Kier molecular flexibility index (Phi) is 16.2. The van der Waals surface area contributed by atoms with Crippen molar-refractivity contribution in [3.05, 3.63) is 178 Å². The summed E-state index contributed by atoms with van der Waals surface area (Å²) < 4.78 is 66.3. The molecule has 2 aromatic heterocycles. The van der Waals surface area contributed by atoms with E-state index in [0.29, 0.717) is 33.8 Å². The van der Waals surface area contributed by atoms with Crippen LogP contribution in [0, 0.1) is 29.8 Å². The first-order valence-electron chi connectivity index (χ1n) is 31.7. The minimum Gasteiger partial charge on any atom is -0.505 e. The van der Waals surface area contributed by atoms with Gasteiger partial charge in [-0.3, -0.25) is 0 Å². The number of aromatic nitrogens is 2. The highest BCUT2D eigenvalue weighted by Crippen LogP contribution is 2.51. The lowest BCUT2D eigenvalue weighted by atomic mass is 9.71. The molecule has 0 aliphatic rings. The van der Waals surface area contributed by atoms with Crippen molar-refractivity contribution >= 4 is 43.6 Å². The van der Waals surface area contributed by atoms with Gasteiger partial charge in [0.1, 0.15) is 42.1 Å². The molecular weight excluding hydrogens is 1110 g/mol. The van der Waals surface area contributed by atoms with Crippen molar-refractivity contribution in [2.24, 2.45) is 5.41 Å². The van der Waals surface area contributed by atoms with E-state index in [4.69, 9.17) is 9.47 Å². The van der Waals surface area contributed by atoms with E-state index in [0.717, 1.165) is 73.6 Å². The van der Waals surface area contributed by atoms with E-state index in [1.165, 1.54) is 40.5 Å². The van der Waals surface area contributed by atoms with Gasteiger partial charge in [-0.05, 0) is 188 Å². The molecule has 468 valence electrons. The lowest BCUT2D eigenvalue weighted by Crippen LogP contribution is -2.25. The van der Waals surface area contributed by atoms with Crippen LogP contribution in [-0.2, 0) is 32.5 Å². The summed E-state index contributed by atoms with van der Waals surface area (Å²) in [5, 5.41) is 30.2. The lowest BCUT2D eigenvalue weighted by molar-refractivity contribution is 0.211. The largest absolute Gasteiger partial charge is 0.505 e. The fraction of sp³-hybridized carbons (Fsp3) is 0.400. The van der Waals surface area contributed by atoms with Crippen LogP contribution in [0.1, 0.15) is 190 Å². The molecule has 0 radical (unpaired) electrons. The van der Waals surface area contributed by atoms with Gasteiger partial charge in [-0.25, -0.2) is 13.2 Å². The predicted molar refractivity (Wildman–Crippen MR) is 367 cm³/mol. The van der Waals surface area contributed by atoms with Gasteiger partial charge in [0.2, 0.25) is 0 Å². The number of hydrogen-bond acceptors (Lipinski definition) is 4. The van der Waals surface area contributed by atoms with Crippen molar-refractivity contribution in [3.63, 3.8) is 0 Å². The Balaban J connectivity index is 1.09. The van der Waals surface area contributed by atoms with E-state index in [1.807, 2.05) is 18.2 Å². The Hall–Kier alpha value is -7.65. The summed E-state index contributed by atoms with van der Waals surface area (Å²) in [6.07, 6.45) is 1.52. The Morgan fingerprint density at radius 2 is 0.719 bits per heavy atom. The lowest BCUT2D eigenvalue weighted by Gasteiger charge is -2.34. The van der Waals surface area contributed by atoms with Crippen LogP contribution in [0.4, 0.5) is 13.2 Å². The van der Waals surface area contributed by atoms with Crippen LogP contribution >= 0.6 is 0 Å². The molecule has 8 aromatic carbocycles. The first-order valence-corrected chi connectivity index (χ1v) is 31.7. The Labute approximate surface area is 526 Å². The van der Waals surface area contributed by atoms with Gasteiger partial charge < -0.3 is 28.8 Å². The molecule has 0 amide bonds. The molecule has 9 heteroatoms. The highest BCUT2D eigenvalue weighted by molar-refractivity contribution is 6.11. The van der Waals surface area contributed by atoms with Crippen molar-refractivity contribution < 1.29 is 32.9 Å². The maximum atomic E-state index is 16.8. The number of phenols is 2. The van der Waals surface area contributed by atoms with Crippen LogP contribution < -0.4 is 9.47 Å². The van der Waals surface area contributed by atoms with E-state index < -0.39 is 22.9 Å². The van der Waals surface area contributed by atoms with Gasteiger partial charge in [-0.15, -0.1) is 0 Å². The van der Waals surface area contributed by atoms with Gasteiger partial charge in [-0.1, -0.05) is 163 Å². The second-order valence-corrected chi connectivity index (χ2v) is 31.8. The van der Waals surface area contributed by atoms with Crippen molar-refractivity contribution in [3.8, 4) is 56.6 Å². The first kappa shape index (κ1) is 64.3. The fourth-order valence-electron chi connectivity index (χ4n) is 13.2. The topological polar surface area (TPSA) is 68.8 Å². The minimum absolute atomic E-state index is 0.0289. The summed E-state index contributed by atoms with van der Waals surface area (Å²) in [5.41, 5.74) is 11.0. The van der Waals surface area contributed by atoms with Gasteiger partial charge in [0.15, 0.2) is 11.6 Å². The van der Waals surface area contributed by atoms with Crippen LogP contribution in [0.15, 0.2) is 121 Å². The molecule has 6 nitrogen and oxygen atoms in total. The zero-order valence-corrected chi connectivity index (χ0v) is 56.6. The maximum Gasteiger partial charge on any atom is 0.168 e. The number of ether oxygens (including phenoxy) is 2. The Bertz CT molecular complexity index is 4280. The predicted octanol–water partition coefficient (Wildman–Crippen LogP) is 22.4. The Morgan fingerprint density at radius 3 is 1.07 bits per heavy atom. The highest BCUT2D eigenvalue weighted by atomic mass is 19.1. The zero-order valence-electron chi connectivity index (χ0n) is 56.6. The summed E-state index contributed by atoms with van der Waals surface area (Å²) in [6.45, 7) is 45.2. The van der Waals surface area contributed by atoms with Gasteiger partial charge in [-0.2, -0.15) is 0 Å². The van der Waals surface area contributed by atoms with Gasteiger partial charge >= 0.3 is 0 Å². The van der Waals surface area contributed by atoms with E-state index in [9.17, 15) is 10.2 Å². The quantitative estimate of drug-likeness (QED) is 0.113. The van der Waals surface area contributed by atoms with Crippen molar-refractivity contribution in [1.29, 1.82) is 0 Å². The van der Waals surface area contributed by atoms with E-state index in [-0.39, 0.29) is 74.1 Å². The number of aromatic hydroxyl groups is 2. The summed E-state index contributed by atoms with van der Waals surface area (Å²) in [6, 6.07) is 38.8. The minimum atomic E-state index is -0.956. The van der Waals surface area contributed by atoms with Gasteiger partial charge in [0.05, 0.1) is 33.4 Å². The van der Waals surface area contributed by atoms with E-state index in [2.05, 4.69) is 226 Å². The molecule has 0 saturated carbocycles. The molecule has 0 bridgehead atoms. The van der Waals surface area contributed by atoms with E-state index >= 15 is 13.2 Å². The third-order valence-electron chi connectivity index (χ3n) is 18.5. The third-order valence-corrected chi connectivity index (χ3v) is 18.5. The molecule has 0 aliphatic carbocycles. The SMILES string of the molecule is CCC(C)(C)c1cc(-c2cc(F)cc(C)c2OCCOc2c(F)cc(F)cc2-c2cc(C(C)(C)CC(C)(C)C)cc(-n3c4ccc(C(C)(C)C)cc4c4cc(C(C)(C)C)ccc43)c2O)c(O)c(-n2c3ccc(C(C)(C)C)cc3c3cc(C(C)(C)C)ccc32)c1. The number of phenolic OH excluding ortho intramolecular Hbond substituents is 2. The van der Waals surface area contributed by atoms with Crippen LogP contribution in [0.2, 0.25) is 0 Å². The van der Waals surface area contributed by atoms with Gasteiger partial charge in [0.25, 0.3) is 0 Å². The zero-order chi connectivity index (χ0) is 65.2. The first-order chi connectivity index (χ1) is 41.2. The molecular formula is C80H93F3N2O4. The monoisotopic (exact) mass is 1200 g/mol. The molecule has 0 atom stereocenters. The van der Waals surface area contributed by atoms with Crippen LogP contribution in [0.5, 0.6) is 23.0 Å². The normalized spacial score (nSPS) is 13.2. The molecule has 2 heterocycles. The smallest absolute Gasteiger partial charge is 0.168 e.